The molecule has 0 unspecified atom stereocenters. The Kier molecular flexibility index (Phi) is 4.92. The standard InChI is InChI=1S/C18H17ClN2O3S/c1-9-11(3)25-18-15(9)17(23)20-16(21-18)10(2)24-14(22)8-12-4-6-13(19)7-5-12/h4-7,10H,8H2,1-3H3,(H,20,21,23)/t10-/m0/s1. The van der Waals surface area contributed by atoms with Crippen LogP contribution in [-0.4, -0.2) is 15.9 Å². The highest BCUT2D eigenvalue weighted by atomic mass is 35.5. The summed E-state index contributed by atoms with van der Waals surface area (Å²) in [5.74, 6) is -0.0423. The van der Waals surface area contributed by atoms with Gasteiger partial charge in [-0.1, -0.05) is 23.7 Å². The second-order valence-electron chi connectivity index (χ2n) is 5.85. The first-order chi connectivity index (χ1) is 11.8. The quantitative estimate of drug-likeness (QED) is 0.696. The van der Waals surface area contributed by atoms with Crippen LogP contribution in [0.5, 0.6) is 0 Å². The van der Waals surface area contributed by atoms with Gasteiger partial charge in [-0.3, -0.25) is 9.59 Å². The Balaban J connectivity index is 1.77. The number of ether oxygens (including phenoxy) is 1. The summed E-state index contributed by atoms with van der Waals surface area (Å²) in [7, 11) is 0. The van der Waals surface area contributed by atoms with Crippen LogP contribution in [0.25, 0.3) is 10.2 Å². The molecule has 2 aromatic heterocycles. The summed E-state index contributed by atoms with van der Waals surface area (Å²) in [5, 5.41) is 1.22. The van der Waals surface area contributed by atoms with Crippen molar-refractivity contribution < 1.29 is 9.53 Å². The van der Waals surface area contributed by atoms with Crippen LogP contribution in [0, 0.1) is 13.8 Å². The van der Waals surface area contributed by atoms with Crippen LogP contribution in [0.15, 0.2) is 29.1 Å². The summed E-state index contributed by atoms with van der Waals surface area (Å²) < 4.78 is 5.41. The van der Waals surface area contributed by atoms with Gasteiger partial charge in [-0.25, -0.2) is 4.98 Å². The fourth-order valence-electron chi connectivity index (χ4n) is 2.53. The van der Waals surface area contributed by atoms with Crippen molar-refractivity contribution in [2.45, 2.75) is 33.3 Å². The number of carbonyl (C=O) groups is 1. The number of aromatic amines is 1. The van der Waals surface area contributed by atoms with E-state index in [0.717, 1.165) is 16.0 Å². The number of benzene rings is 1. The molecule has 5 nitrogen and oxygen atoms in total. The molecule has 0 aliphatic carbocycles. The zero-order chi connectivity index (χ0) is 18.1. The van der Waals surface area contributed by atoms with Gasteiger partial charge in [0.1, 0.15) is 4.83 Å². The maximum absolute atomic E-state index is 12.3. The van der Waals surface area contributed by atoms with Crippen molar-refractivity contribution in [3.05, 3.63) is 61.5 Å². The van der Waals surface area contributed by atoms with E-state index in [4.69, 9.17) is 16.3 Å². The van der Waals surface area contributed by atoms with Gasteiger partial charge in [0.15, 0.2) is 11.9 Å². The van der Waals surface area contributed by atoms with Crippen LogP contribution in [0.4, 0.5) is 0 Å². The fourth-order valence-corrected chi connectivity index (χ4v) is 3.69. The van der Waals surface area contributed by atoms with Gasteiger partial charge < -0.3 is 9.72 Å². The number of thiophene rings is 1. The number of nitrogens with zero attached hydrogens (tertiary/aromatic N) is 1. The van der Waals surface area contributed by atoms with Gasteiger partial charge in [0.05, 0.1) is 11.8 Å². The molecule has 0 aliphatic rings. The van der Waals surface area contributed by atoms with E-state index in [2.05, 4.69) is 9.97 Å². The van der Waals surface area contributed by atoms with Crippen LogP contribution in [-0.2, 0) is 16.0 Å². The molecule has 1 aromatic carbocycles. The van der Waals surface area contributed by atoms with Crippen LogP contribution in [0.1, 0.15) is 34.9 Å². The number of H-pyrrole nitrogens is 1. The van der Waals surface area contributed by atoms with Crippen LogP contribution in [0.3, 0.4) is 0 Å². The molecule has 25 heavy (non-hydrogen) atoms. The molecule has 0 aliphatic heterocycles. The minimum absolute atomic E-state index is 0.130. The Hall–Kier alpha value is -2.18. The average Bonchev–Trinajstić information content (AvgIpc) is 2.84. The third-order valence-electron chi connectivity index (χ3n) is 4.01. The smallest absolute Gasteiger partial charge is 0.310 e. The molecule has 1 atom stereocenters. The third-order valence-corrected chi connectivity index (χ3v) is 5.37. The molecule has 3 rings (SSSR count). The second-order valence-corrected chi connectivity index (χ2v) is 7.49. The van der Waals surface area contributed by atoms with E-state index in [9.17, 15) is 9.59 Å². The lowest BCUT2D eigenvalue weighted by Gasteiger charge is -2.12. The van der Waals surface area contributed by atoms with Crippen molar-refractivity contribution in [3.63, 3.8) is 0 Å². The predicted molar refractivity (Wildman–Crippen MR) is 99.4 cm³/mol. The molecular formula is C18H17ClN2O3S. The summed E-state index contributed by atoms with van der Waals surface area (Å²) in [5.41, 5.74) is 1.54. The number of hydrogen-bond acceptors (Lipinski definition) is 5. The molecule has 0 saturated carbocycles. The van der Waals surface area contributed by atoms with Gasteiger partial charge in [-0.15, -0.1) is 11.3 Å². The van der Waals surface area contributed by atoms with Gasteiger partial charge in [-0.2, -0.15) is 0 Å². The maximum Gasteiger partial charge on any atom is 0.310 e. The lowest BCUT2D eigenvalue weighted by molar-refractivity contribution is -0.148. The zero-order valence-corrected chi connectivity index (χ0v) is 15.6. The minimum atomic E-state index is -0.639. The van der Waals surface area contributed by atoms with Crippen LogP contribution >= 0.6 is 22.9 Å². The van der Waals surface area contributed by atoms with E-state index < -0.39 is 12.1 Å². The van der Waals surface area contributed by atoms with Gasteiger partial charge in [-0.05, 0) is 44.0 Å². The lowest BCUT2D eigenvalue weighted by atomic mass is 10.1. The number of nitrogens with one attached hydrogen (secondary N) is 1. The first-order valence-corrected chi connectivity index (χ1v) is 8.98. The summed E-state index contributed by atoms with van der Waals surface area (Å²) in [6, 6.07) is 7.00. The van der Waals surface area contributed by atoms with Crippen molar-refractivity contribution in [1.29, 1.82) is 0 Å². The summed E-state index contributed by atoms with van der Waals surface area (Å²) in [6.45, 7) is 5.55. The van der Waals surface area contributed by atoms with E-state index in [1.54, 1.807) is 31.2 Å². The summed E-state index contributed by atoms with van der Waals surface area (Å²) in [6.07, 6.45) is -0.509. The highest BCUT2D eigenvalue weighted by molar-refractivity contribution is 7.18. The zero-order valence-electron chi connectivity index (χ0n) is 14.1. The monoisotopic (exact) mass is 376 g/mol. The molecule has 0 bridgehead atoms. The Morgan fingerprint density at radius 1 is 1.32 bits per heavy atom. The number of hydrogen-bond donors (Lipinski definition) is 1. The van der Waals surface area contributed by atoms with E-state index in [1.807, 2.05) is 13.8 Å². The number of halogens is 1. The third kappa shape index (κ3) is 3.75. The van der Waals surface area contributed by atoms with Crippen molar-refractivity contribution >= 4 is 39.1 Å². The number of fused-ring (bicyclic) bond motifs is 1. The number of rotatable bonds is 4. The Morgan fingerprint density at radius 3 is 2.68 bits per heavy atom. The minimum Gasteiger partial charge on any atom is -0.454 e. The van der Waals surface area contributed by atoms with Crippen molar-refractivity contribution in [1.82, 2.24) is 9.97 Å². The Labute approximate surface area is 153 Å². The highest BCUT2D eigenvalue weighted by Crippen LogP contribution is 2.27. The number of aromatic nitrogens is 2. The number of aryl methyl sites for hydroxylation is 2. The van der Waals surface area contributed by atoms with Gasteiger partial charge >= 0.3 is 5.97 Å². The largest absolute Gasteiger partial charge is 0.454 e. The first kappa shape index (κ1) is 17.6. The molecule has 130 valence electrons. The van der Waals surface area contributed by atoms with Gasteiger partial charge in [0, 0.05) is 9.90 Å². The molecule has 0 fully saturated rings. The van der Waals surface area contributed by atoms with Gasteiger partial charge in [0.25, 0.3) is 5.56 Å². The molecule has 0 spiro atoms. The molecule has 0 amide bonds. The normalized spacial score (nSPS) is 12.3. The molecule has 2 heterocycles. The van der Waals surface area contributed by atoms with E-state index >= 15 is 0 Å². The molecule has 3 aromatic rings. The lowest BCUT2D eigenvalue weighted by Crippen LogP contribution is -2.18. The number of carbonyl (C=O) groups excluding carboxylic acids is 1. The number of esters is 1. The van der Waals surface area contributed by atoms with Crippen molar-refractivity contribution in [2.24, 2.45) is 0 Å². The fraction of sp³-hybridized carbons (Fsp3) is 0.278. The topological polar surface area (TPSA) is 72.0 Å². The second kappa shape index (κ2) is 6.98. The summed E-state index contributed by atoms with van der Waals surface area (Å²) in [4.78, 5) is 33.3. The van der Waals surface area contributed by atoms with E-state index in [0.29, 0.717) is 21.1 Å². The predicted octanol–water partition coefficient (Wildman–Crippen LogP) is 4.10. The average molecular weight is 377 g/mol. The van der Waals surface area contributed by atoms with E-state index in [1.165, 1.54) is 11.3 Å². The molecule has 1 N–H and O–H groups in total. The van der Waals surface area contributed by atoms with Gasteiger partial charge in [0.2, 0.25) is 0 Å². The Bertz CT molecular complexity index is 992. The molecule has 0 radical (unpaired) electrons. The van der Waals surface area contributed by atoms with E-state index in [-0.39, 0.29) is 12.0 Å². The highest BCUT2D eigenvalue weighted by Gasteiger charge is 2.18. The molecular weight excluding hydrogens is 360 g/mol. The SMILES string of the molecule is Cc1sc2nc([C@H](C)OC(=O)Cc3ccc(Cl)cc3)[nH]c(=O)c2c1C. The van der Waals surface area contributed by atoms with Crippen molar-refractivity contribution in [2.75, 3.05) is 0 Å². The molecule has 7 heteroatoms. The van der Waals surface area contributed by atoms with Crippen molar-refractivity contribution in [3.8, 4) is 0 Å². The van der Waals surface area contributed by atoms with Crippen LogP contribution in [0.2, 0.25) is 5.02 Å². The maximum atomic E-state index is 12.3. The first-order valence-electron chi connectivity index (χ1n) is 7.79. The Morgan fingerprint density at radius 2 is 2.00 bits per heavy atom. The molecule has 0 saturated heterocycles. The van der Waals surface area contributed by atoms with Crippen LogP contribution < -0.4 is 5.56 Å². The summed E-state index contributed by atoms with van der Waals surface area (Å²) >= 11 is 7.29.